The Balaban J connectivity index is 3.01. The van der Waals surface area contributed by atoms with E-state index in [-0.39, 0.29) is 0 Å². The van der Waals surface area contributed by atoms with Gasteiger partial charge in [-0.3, -0.25) is 0 Å². The van der Waals surface area contributed by atoms with Crippen LogP contribution in [-0.4, -0.2) is 18.0 Å². The molecule has 2 heteroatoms. The highest BCUT2D eigenvalue weighted by atomic mass is 79.9. The highest BCUT2D eigenvalue weighted by molar-refractivity contribution is 9.09. The normalized spacial score (nSPS) is 13.9. The van der Waals surface area contributed by atoms with Crippen LogP contribution in [0.5, 0.6) is 0 Å². The van der Waals surface area contributed by atoms with Gasteiger partial charge in [0.25, 0.3) is 0 Å². The number of alkyl halides is 1. The van der Waals surface area contributed by atoms with Crippen molar-refractivity contribution in [3.8, 4) is 0 Å². The fraction of sp³-hybridized carbons (Fsp3) is 1.00. The molecule has 0 saturated heterocycles. The predicted octanol–water partition coefficient (Wildman–Crippen LogP) is 3.22. The number of ether oxygens (including phenoxy) is 1. The average molecular weight is 223 g/mol. The van der Waals surface area contributed by atoms with Crippen LogP contribution in [0, 0.1) is 5.92 Å². The molecule has 0 amide bonds. The second-order valence-electron chi connectivity index (χ2n) is 3.32. The number of halogens is 1. The van der Waals surface area contributed by atoms with Crippen LogP contribution in [0.25, 0.3) is 0 Å². The van der Waals surface area contributed by atoms with Crippen molar-refractivity contribution in [2.45, 2.75) is 39.7 Å². The number of rotatable bonds is 6. The summed E-state index contributed by atoms with van der Waals surface area (Å²) in [5.41, 5.74) is 0. The fourth-order valence-corrected chi connectivity index (χ4v) is 1.15. The van der Waals surface area contributed by atoms with E-state index in [1.54, 1.807) is 0 Å². The Morgan fingerprint density at radius 2 is 1.91 bits per heavy atom. The first-order chi connectivity index (χ1) is 5.16. The van der Waals surface area contributed by atoms with E-state index in [1.807, 2.05) is 0 Å². The third-order valence-electron chi connectivity index (χ3n) is 1.56. The maximum absolute atomic E-state index is 5.42. The second-order valence-corrected chi connectivity index (χ2v) is 3.97. The van der Waals surface area contributed by atoms with Crippen LogP contribution >= 0.6 is 15.9 Å². The third kappa shape index (κ3) is 8.35. The van der Waals surface area contributed by atoms with Crippen LogP contribution < -0.4 is 0 Å². The minimum Gasteiger partial charge on any atom is -0.379 e. The quantitative estimate of drug-likeness (QED) is 0.496. The van der Waals surface area contributed by atoms with Gasteiger partial charge in [-0.25, -0.2) is 0 Å². The van der Waals surface area contributed by atoms with Crippen molar-refractivity contribution in [3.05, 3.63) is 0 Å². The lowest BCUT2D eigenvalue weighted by atomic mass is 10.1. The molecule has 0 spiro atoms. The van der Waals surface area contributed by atoms with Gasteiger partial charge in [0.05, 0.1) is 6.10 Å². The van der Waals surface area contributed by atoms with E-state index >= 15 is 0 Å². The summed E-state index contributed by atoms with van der Waals surface area (Å²) < 4.78 is 5.42. The van der Waals surface area contributed by atoms with Crippen molar-refractivity contribution in [1.29, 1.82) is 0 Å². The van der Waals surface area contributed by atoms with Crippen LogP contribution in [0.4, 0.5) is 0 Å². The molecule has 0 N–H and O–H groups in total. The molecule has 0 aromatic rings. The number of hydrogen-bond acceptors (Lipinski definition) is 1. The molecule has 0 aliphatic carbocycles. The average Bonchev–Trinajstić information content (AvgIpc) is 1.97. The van der Waals surface area contributed by atoms with Gasteiger partial charge >= 0.3 is 0 Å². The minimum atomic E-state index is 0.384. The summed E-state index contributed by atoms with van der Waals surface area (Å²) in [6, 6.07) is 0. The van der Waals surface area contributed by atoms with Crippen molar-refractivity contribution >= 4 is 15.9 Å². The van der Waals surface area contributed by atoms with Crippen LogP contribution in [0.1, 0.15) is 33.6 Å². The van der Waals surface area contributed by atoms with Gasteiger partial charge in [0, 0.05) is 11.9 Å². The predicted molar refractivity (Wildman–Crippen MR) is 53.3 cm³/mol. The van der Waals surface area contributed by atoms with Gasteiger partial charge < -0.3 is 4.74 Å². The lowest BCUT2D eigenvalue weighted by Crippen LogP contribution is -2.05. The fourth-order valence-electron chi connectivity index (χ4n) is 0.828. The molecule has 0 rings (SSSR count). The van der Waals surface area contributed by atoms with Crippen LogP contribution in [0.2, 0.25) is 0 Å². The summed E-state index contributed by atoms with van der Waals surface area (Å²) in [4.78, 5) is 0. The van der Waals surface area contributed by atoms with Gasteiger partial charge in [-0.05, 0) is 32.6 Å². The molecule has 11 heavy (non-hydrogen) atoms. The van der Waals surface area contributed by atoms with Crippen molar-refractivity contribution in [1.82, 2.24) is 0 Å². The van der Waals surface area contributed by atoms with E-state index in [1.165, 1.54) is 12.8 Å². The molecule has 0 saturated carbocycles. The Hall–Kier alpha value is 0.440. The second kappa shape index (κ2) is 7.11. The van der Waals surface area contributed by atoms with E-state index in [9.17, 15) is 0 Å². The summed E-state index contributed by atoms with van der Waals surface area (Å²) >= 11 is 3.45. The summed E-state index contributed by atoms with van der Waals surface area (Å²) in [6.45, 7) is 7.32. The highest BCUT2D eigenvalue weighted by Gasteiger charge is 1.99. The zero-order chi connectivity index (χ0) is 8.69. The summed E-state index contributed by atoms with van der Waals surface area (Å²) in [5.74, 6) is 0.783. The van der Waals surface area contributed by atoms with Crippen LogP contribution in [0.15, 0.2) is 0 Å². The molecule has 0 bridgehead atoms. The molecule has 0 aliphatic heterocycles. The lowest BCUT2D eigenvalue weighted by Gasteiger charge is -2.09. The Bertz CT molecular complexity index is 83.6. The van der Waals surface area contributed by atoms with Crippen LogP contribution in [0.3, 0.4) is 0 Å². The molecular weight excluding hydrogens is 204 g/mol. The maximum atomic E-state index is 5.42. The van der Waals surface area contributed by atoms with Crippen molar-refractivity contribution < 1.29 is 4.74 Å². The third-order valence-corrected chi connectivity index (χ3v) is 2.66. The maximum Gasteiger partial charge on any atom is 0.0518 e. The smallest absolute Gasteiger partial charge is 0.0518 e. The Morgan fingerprint density at radius 1 is 1.27 bits per heavy atom. The summed E-state index contributed by atoms with van der Waals surface area (Å²) in [6.07, 6.45) is 2.83. The van der Waals surface area contributed by atoms with Crippen molar-refractivity contribution in [2.24, 2.45) is 5.92 Å². The van der Waals surface area contributed by atoms with Gasteiger partial charge in [0.1, 0.15) is 0 Å². The van der Waals surface area contributed by atoms with Gasteiger partial charge in [-0.1, -0.05) is 22.9 Å². The first kappa shape index (κ1) is 11.4. The zero-order valence-corrected chi connectivity index (χ0v) is 9.36. The van der Waals surface area contributed by atoms with Gasteiger partial charge in [0.15, 0.2) is 0 Å². The minimum absolute atomic E-state index is 0.384. The lowest BCUT2D eigenvalue weighted by molar-refractivity contribution is 0.0744. The van der Waals surface area contributed by atoms with E-state index < -0.39 is 0 Å². The summed E-state index contributed by atoms with van der Waals surface area (Å²) in [5, 5.41) is 1.11. The van der Waals surface area contributed by atoms with E-state index in [0.717, 1.165) is 17.9 Å². The molecule has 68 valence electrons. The SMILES string of the molecule is CC(CBr)CCCOC(C)C. The molecule has 0 heterocycles. The highest BCUT2D eigenvalue weighted by Crippen LogP contribution is 2.08. The van der Waals surface area contributed by atoms with E-state index in [2.05, 4.69) is 36.7 Å². The van der Waals surface area contributed by atoms with Crippen molar-refractivity contribution in [2.75, 3.05) is 11.9 Å². The Morgan fingerprint density at radius 3 is 2.36 bits per heavy atom. The first-order valence-corrected chi connectivity index (χ1v) is 5.46. The molecule has 0 fully saturated rings. The Labute approximate surface area is 78.6 Å². The molecule has 1 nitrogen and oxygen atoms in total. The Kier molecular flexibility index (Phi) is 7.39. The topological polar surface area (TPSA) is 9.23 Å². The monoisotopic (exact) mass is 222 g/mol. The molecule has 1 atom stereocenters. The van der Waals surface area contributed by atoms with Crippen LogP contribution in [-0.2, 0) is 4.74 Å². The molecule has 0 aliphatic rings. The van der Waals surface area contributed by atoms with Gasteiger partial charge in [0.2, 0.25) is 0 Å². The molecule has 0 aromatic heterocycles. The van der Waals surface area contributed by atoms with E-state index in [4.69, 9.17) is 4.74 Å². The first-order valence-electron chi connectivity index (χ1n) is 4.34. The van der Waals surface area contributed by atoms with Gasteiger partial charge in [-0.15, -0.1) is 0 Å². The molecular formula is C9H19BrO. The molecule has 0 aromatic carbocycles. The largest absolute Gasteiger partial charge is 0.379 e. The summed E-state index contributed by atoms with van der Waals surface area (Å²) in [7, 11) is 0. The number of hydrogen-bond donors (Lipinski definition) is 0. The van der Waals surface area contributed by atoms with Gasteiger partial charge in [-0.2, -0.15) is 0 Å². The van der Waals surface area contributed by atoms with Crippen molar-refractivity contribution in [3.63, 3.8) is 0 Å². The van der Waals surface area contributed by atoms with E-state index in [0.29, 0.717) is 6.10 Å². The molecule has 0 radical (unpaired) electrons. The molecule has 1 unspecified atom stereocenters. The zero-order valence-electron chi connectivity index (χ0n) is 7.77. The standard InChI is InChI=1S/C9H19BrO/c1-8(2)11-6-4-5-9(3)7-10/h8-9H,4-7H2,1-3H3.